The quantitative estimate of drug-likeness (QED) is 0.518. The topological polar surface area (TPSA) is 121 Å². The van der Waals surface area contributed by atoms with Crippen LogP contribution in [0, 0.1) is 6.92 Å². The molecule has 3 rings (SSSR count). The number of nitrogens with one attached hydrogen (secondary N) is 2. The molecule has 2 N–H and O–H groups in total. The van der Waals surface area contributed by atoms with Crippen LogP contribution in [0.25, 0.3) is 0 Å². The second-order valence-corrected chi connectivity index (χ2v) is 11.0. The number of hydrogen-bond donors (Lipinski definition) is 2. The Morgan fingerprint density at radius 2 is 1.62 bits per heavy atom. The van der Waals surface area contributed by atoms with E-state index < -0.39 is 9.84 Å². The van der Waals surface area contributed by atoms with Gasteiger partial charge in [0.1, 0.15) is 17.5 Å². The van der Waals surface area contributed by atoms with Crippen molar-refractivity contribution >= 4 is 33.2 Å². The van der Waals surface area contributed by atoms with Gasteiger partial charge in [-0.25, -0.2) is 18.4 Å². The van der Waals surface area contributed by atoms with E-state index in [1.54, 1.807) is 0 Å². The van der Waals surface area contributed by atoms with Crippen LogP contribution in [0.2, 0.25) is 0 Å². The molecule has 0 aliphatic heterocycles. The van der Waals surface area contributed by atoms with Crippen LogP contribution in [0.1, 0.15) is 54.7 Å². The lowest BCUT2D eigenvalue weighted by atomic mass is 9.91. The van der Waals surface area contributed by atoms with Crippen molar-refractivity contribution in [3.05, 3.63) is 41.7 Å². The minimum absolute atomic E-state index is 0.0855. The van der Waals surface area contributed by atoms with Gasteiger partial charge in [0.15, 0.2) is 15.6 Å². The highest BCUT2D eigenvalue weighted by Crippen LogP contribution is 2.23. The Kier molecular flexibility index (Phi) is 8.24. The Morgan fingerprint density at radius 3 is 2.21 bits per heavy atom. The van der Waals surface area contributed by atoms with Gasteiger partial charge in [0, 0.05) is 56.9 Å². The van der Waals surface area contributed by atoms with Gasteiger partial charge in [-0.3, -0.25) is 9.59 Å². The zero-order valence-electron chi connectivity index (χ0n) is 20.2. The lowest BCUT2D eigenvalue weighted by Gasteiger charge is -2.30. The molecule has 0 radical (unpaired) electrons. The number of benzene rings is 1. The first-order valence-corrected chi connectivity index (χ1v) is 13.3. The van der Waals surface area contributed by atoms with Crippen LogP contribution in [0.5, 0.6) is 0 Å². The maximum atomic E-state index is 12.4. The van der Waals surface area contributed by atoms with Crippen LogP contribution in [0.3, 0.4) is 0 Å². The summed E-state index contributed by atoms with van der Waals surface area (Å²) in [5, 5.41) is 6.53. The van der Waals surface area contributed by atoms with Crippen LogP contribution in [0.15, 0.2) is 35.2 Å². The Bertz CT molecular complexity index is 1120. The third kappa shape index (κ3) is 7.24. The molecule has 1 saturated carbocycles. The Labute approximate surface area is 201 Å². The molecule has 9 nitrogen and oxygen atoms in total. The van der Waals surface area contributed by atoms with Crippen LogP contribution in [0.4, 0.5) is 11.6 Å². The van der Waals surface area contributed by atoms with Crippen molar-refractivity contribution in [3.63, 3.8) is 0 Å². The fourth-order valence-corrected chi connectivity index (χ4v) is 4.64. The molecule has 0 atom stereocenters. The highest BCUT2D eigenvalue weighted by molar-refractivity contribution is 7.90. The van der Waals surface area contributed by atoms with E-state index >= 15 is 0 Å². The fourth-order valence-electron chi connectivity index (χ4n) is 4.01. The molecule has 184 valence electrons. The zero-order valence-corrected chi connectivity index (χ0v) is 21.0. The fraction of sp³-hybridized carbons (Fsp3) is 0.500. The summed E-state index contributed by atoms with van der Waals surface area (Å²) in [6, 6.07) is 8.13. The molecule has 10 heteroatoms. The number of amides is 1. The number of anilines is 2. The molecule has 1 aromatic carbocycles. The van der Waals surface area contributed by atoms with E-state index in [-0.39, 0.29) is 41.5 Å². The normalized spacial score (nSPS) is 18.2. The third-order valence-corrected chi connectivity index (χ3v) is 7.04. The van der Waals surface area contributed by atoms with Crippen LogP contribution < -0.4 is 15.5 Å². The summed E-state index contributed by atoms with van der Waals surface area (Å²) in [6.45, 7) is 1.88. The molecule has 2 aromatic rings. The highest BCUT2D eigenvalue weighted by atomic mass is 32.2. The minimum atomic E-state index is -3.30. The molecule has 1 aliphatic carbocycles. The second kappa shape index (κ2) is 10.9. The van der Waals surface area contributed by atoms with E-state index in [0.717, 1.165) is 49.4 Å². The minimum Gasteiger partial charge on any atom is -0.367 e. The number of carbonyl (C=O) groups excluding carboxylic acids is 2. The van der Waals surface area contributed by atoms with Gasteiger partial charge >= 0.3 is 0 Å². The first-order chi connectivity index (χ1) is 16.0. The number of sulfone groups is 1. The third-order valence-electron chi connectivity index (χ3n) is 5.91. The number of carbonyl (C=O) groups is 2. The first kappa shape index (κ1) is 25.6. The Morgan fingerprint density at radius 1 is 1.00 bits per heavy atom. The van der Waals surface area contributed by atoms with E-state index in [1.807, 2.05) is 32.0 Å². The van der Waals surface area contributed by atoms with Gasteiger partial charge in [0.25, 0.3) is 0 Å². The molecule has 0 bridgehead atoms. The van der Waals surface area contributed by atoms with Crippen LogP contribution in [-0.4, -0.2) is 62.5 Å². The molecule has 1 heterocycles. The summed E-state index contributed by atoms with van der Waals surface area (Å²) < 4.78 is 23.1. The van der Waals surface area contributed by atoms with Gasteiger partial charge in [0.05, 0.1) is 4.90 Å². The van der Waals surface area contributed by atoms with Gasteiger partial charge in [0.2, 0.25) is 5.91 Å². The molecular weight excluding hydrogens is 454 g/mol. The molecular formula is C24H33N5O4S. The maximum absolute atomic E-state index is 12.4. The number of aromatic nitrogens is 2. The van der Waals surface area contributed by atoms with Crippen LogP contribution in [-0.2, 0) is 14.6 Å². The van der Waals surface area contributed by atoms with Crippen molar-refractivity contribution in [3.8, 4) is 0 Å². The lowest BCUT2D eigenvalue weighted by molar-refractivity contribution is -0.122. The van der Waals surface area contributed by atoms with Gasteiger partial charge < -0.3 is 15.5 Å². The number of Topliss-reactive ketones (excluding diaryl/α,β-unsaturated/α-hetero) is 1. The van der Waals surface area contributed by atoms with E-state index in [2.05, 4.69) is 20.6 Å². The number of rotatable bonds is 9. The zero-order chi connectivity index (χ0) is 24.9. The molecule has 0 saturated heterocycles. The SMILES string of the molecule is Cc1nc(NC2CCC(NC(=O)CCC(=O)c3ccc(S(C)(=O)=O)cc3)CC2)cc(N(C)C)n1. The molecule has 1 amide bonds. The molecule has 0 spiro atoms. The number of nitrogens with zero attached hydrogens (tertiary/aromatic N) is 3. The van der Waals surface area contributed by atoms with E-state index in [4.69, 9.17) is 0 Å². The van der Waals surface area contributed by atoms with E-state index in [0.29, 0.717) is 5.56 Å². The summed E-state index contributed by atoms with van der Waals surface area (Å²) in [5.41, 5.74) is 0.407. The second-order valence-electron chi connectivity index (χ2n) is 9.03. The summed E-state index contributed by atoms with van der Waals surface area (Å²) in [5.74, 6) is 2.07. The average Bonchev–Trinajstić information content (AvgIpc) is 2.78. The molecule has 34 heavy (non-hydrogen) atoms. The lowest BCUT2D eigenvalue weighted by Crippen LogP contribution is -2.40. The highest BCUT2D eigenvalue weighted by Gasteiger charge is 2.23. The van der Waals surface area contributed by atoms with Gasteiger partial charge in [-0.1, -0.05) is 12.1 Å². The Balaban J connectivity index is 1.42. The van der Waals surface area contributed by atoms with Crippen LogP contribution >= 0.6 is 0 Å². The maximum Gasteiger partial charge on any atom is 0.220 e. The van der Waals surface area contributed by atoms with E-state index in [9.17, 15) is 18.0 Å². The largest absolute Gasteiger partial charge is 0.367 e. The number of ketones is 1. The van der Waals surface area contributed by atoms with Crippen molar-refractivity contribution < 1.29 is 18.0 Å². The van der Waals surface area contributed by atoms with Gasteiger partial charge in [-0.15, -0.1) is 0 Å². The molecule has 1 aliphatic rings. The van der Waals surface area contributed by atoms with E-state index in [1.165, 1.54) is 24.3 Å². The number of aryl methyl sites for hydroxylation is 1. The predicted octanol–water partition coefficient (Wildman–Crippen LogP) is 2.76. The van der Waals surface area contributed by atoms with Crippen molar-refractivity contribution in [1.82, 2.24) is 15.3 Å². The smallest absolute Gasteiger partial charge is 0.220 e. The standard InChI is InChI=1S/C24H33N5O4S/c1-16-25-22(15-23(26-16)29(2)3)27-18-7-9-19(10-8-18)28-24(31)14-13-21(30)17-5-11-20(12-6-17)34(4,32)33/h5-6,11-12,15,18-19H,7-10,13-14H2,1-4H3,(H,28,31)(H,25,26,27). The monoisotopic (exact) mass is 487 g/mol. The Hall–Kier alpha value is -3.01. The van der Waals surface area contributed by atoms with Gasteiger partial charge in [-0.2, -0.15) is 0 Å². The van der Waals surface area contributed by atoms with Crippen molar-refractivity contribution in [1.29, 1.82) is 0 Å². The van der Waals surface area contributed by atoms with Crippen molar-refractivity contribution in [2.24, 2.45) is 0 Å². The van der Waals surface area contributed by atoms with Gasteiger partial charge in [-0.05, 0) is 44.7 Å². The summed E-state index contributed by atoms with van der Waals surface area (Å²) in [4.78, 5) is 35.7. The predicted molar refractivity (Wildman–Crippen MR) is 132 cm³/mol. The first-order valence-electron chi connectivity index (χ1n) is 11.4. The number of hydrogen-bond acceptors (Lipinski definition) is 8. The molecule has 1 aromatic heterocycles. The van der Waals surface area contributed by atoms with Crippen molar-refractivity contribution in [2.45, 2.75) is 62.4 Å². The summed E-state index contributed by atoms with van der Waals surface area (Å²) in [6.07, 6.45) is 4.85. The summed E-state index contributed by atoms with van der Waals surface area (Å²) in [7, 11) is 0.587. The van der Waals surface area contributed by atoms with Crippen molar-refractivity contribution in [2.75, 3.05) is 30.6 Å². The average molecular weight is 488 g/mol. The molecule has 0 unspecified atom stereocenters. The summed E-state index contributed by atoms with van der Waals surface area (Å²) >= 11 is 0. The molecule has 1 fully saturated rings.